The molecule has 3 N–H and O–H groups in total. The molecule has 1 atom stereocenters. The standard InChI is InChI=1S/C14H13BrClN5S2/c1-6(23-14-20-10(17)4-11(21-14)22-2)9-3-7-8(15)5-18-12(7)13(16)19-9/h3-6,18H,1-2H3,(H2,17,20,21). The number of pyridine rings is 1. The number of rotatable bonds is 4. The van der Waals surface area contributed by atoms with Crippen molar-refractivity contribution >= 4 is 67.8 Å². The Morgan fingerprint density at radius 1 is 1.30 bits per heavy atom. The predicted octanol–water partition coefficient (Wildman–Crippen LogP) is 4.93. The molecule has 0 aliphatic carbocycles. The van der Waals surface area contributed by atoms with Crippen molar-refractivity contribution in [1.82, 2.24) is 19.9 Å². The number of hydrogen-bond acceptors (Lipinski definition) is 6. The Labute approximate surface area is 155 Å². The molecule has 9 heteroatoms. The molecule has 0 saturated heterocycles. The number of nitrogens with zero attached hydrogens (tertiary/aromatic N) is 3. The lowest BCUT2D eigenvalue weighted by molar-refractivity contribution is 0.888. The Balaban J connectivity index is 1.93. The number of aromatic nitrogens is 4. The van der Waals surface area contributed by atoms with Crippen molar-refractivity contribution < 1.29 is 0 Å². The summed E-state index contributed by atoms with van der Waals surface area (Å²) in [6, 6.07) is 3.78. The Morgan fingerprint density at radius 2 is 2.09 bits per heavy atom. The van der Waals surface area contributed by atoms with Crippen LogP contribution in [-0.4, -0.2) is 26.2 Å². The van der Waals surface area contributed by atoms with Gasteiger partial charge in [-0.1, -0.05) is 23.4 Å². The lowest BCUT2D eigenvalue weighted by atomic mass is 10.2. The number of H-pyrrole nitrogens is 1. The third-order valence-electron chi connectivity index (χ3n) is 3.21. The molecule has 3 heterocycles. The monoisotopic (exact) mass is 429 g/mol. The highest BCUT2D eigenvalue weighted by Gasteiger charge is 2.16. The first-order chi connectivity index (χ1) is 11.0. The maximum absolute atomic E-state index is 6.27. The Bertz CT molecular complexity index is 870. The molecule has 0 bridgehead atoms. The first-order valence-corrected chi connectivity index (χ1v) is 9.93. The normalized spacial score (nSPS) is 12.7. The lowest BCUT2D eigenvalue weighted by Crippen LogP contribution is -1.99. The van der Waals surface area contributed by atoms with Crippen molar-refractivity contribution in [3.05, 3.63) is 33.6 Å². The molecule has 0 fully saturated rings. The lowest BCUT2D eigenvalue weighted by Gasteiger charge is -2.11. The van der Waals surface area contributed by atoms with Gasteiger partial charge in [-0.25, -0.2) is 15.0 Å². The minimum atomic E-state index is 0.0372. The predicted molar refractivity (Wildman–Crippen MR) is 101 cm³/mol. The molecule has 0 radical (unpaired) electrons. The van der Waals surface area contributed by atoms with Gasteiger partial charge in [0.1, 0.15) is 10.8 Å². The molecule has 0 aliphatic heterocycles. The fourth-order valence-electron chi connectivity index (χ4n) is 2.08. The highest BCUT2D eigenvalue weighted by molar-refractivity contribution is 9.10. The van der Waals surface area contributed by atoms with E-state index in [2.05, 4.69) is 35.9 Å². The van der Waals surface area contributed by atoms with Crippen molar-refractivity contribution in [2.75, 3.05) is 12.0 Å². The van der Waals surface area contributed by atoms with Crippen LogP contribution in [0.5, 0.6) is 0 Å². The van der Waals surface area contributed by atoms with Crippen LogP contribution in [0.1, 0.15) is 17.9 Å². The van der Waals surface area contributed by atoms with Crippen molar-refractivity contribution in [3.8, 4) is 0 Å². The molecule has 0 aromatic carbocycles. The number of thioether (sulfide) groups is 2. The Kier molecular flexibility index (Phi) is 5.05. The van der Waals surface area contributed by atoms with Crippen LogP contribution >= 0.6 is 51.1 Å². The second-order valence-electron chi connectivity index (χ2n) is 4.77. The van der Waals surface area contributed by atoms with Gasteiger partial charge in [0, 0.05) is 22.1 Å². The topological polar surface area (TPSA) is 80.5 Å². The molecule has 0 aliphatic rings. The van der Waals surface area contributed by atoms with Gasteiger partial charge in [0.15, 0.2) is 10.3 Å². The van der Waals surface area contributed by atoms with Crippen molar-refractivity contribution in [2.45, 2.75) is 22.4 Å². The zero-order valence-electron chi connectivity index (χ0n) is 12.3. The maximum Gasteiger partial charge on any atom is 0.191 e. The van der Waals surface area contributed by atoms with E-state index in [9.17, 15) is 0 Å². The van der Waals surface area contributed by atoms with Crippen LogP contribution in [0.25, 0.3) is 10.9 Å². The quantitative estimate of drug-likeness (QED) is 0.264. The molecule has 0 amide bonds. The van der Waals surface area contributed by atoms with E-state index in [0.29, 0.717) is 16.1 Å². The van der Waals surface area contributed by atoms with Gasteiger partial charge >= 0.3 is 0 Å². The van der Waals surface area contributed by atoms with Crippen molar-refractivity contribution in [3.63, 3.8) is 0 Å². The van der Waals surface area contributed by atoms with E-state index >= 15 is 0 Å². The second kappa shape index (κ2) is 6.88. The zero-order valence-corrected chi connectivity index (χ0v) is 16.3. The molecule has 3 aromatic heterocycles. The molecule has 3 rings (SSSR count). The Hall–Kier alpha value is -0.960. The first-order valence-electron chi connectivity index (χ1n) is 6.66. The summed E-state index contributed by atoms with van der Waals surface area (Å²) in [5, 5.41) is 2.98. The summed E-state index contributed by atoms with van der Waals surface area (Å²) in [6.07, 6.45) is 3.81. The second-order valence-corrected chi connectivity index (χ2v) is 8.12. The van der Waals surface area contributed by atoms with E-state index in [0.717, 1.165) is 26.1 Å². The van der Waals surface area contributed by atoms with E-state index in [1.54, 1.807) is 6.07 Å². The number of nitrogen functional groups attached to an aromatic ring is 1. The number of nitrogens with two attached hydrogens (primary N) is 1. The van der Waals surface area contributed by atoms with Gasteiger partial charge in [-0.2, -0.15) is 0 Å². The minimum Gasteiger partial charge on any atom is -0.384 e. The molecular formula is C14H13BrClN5S2. The van der Waals surface area contributed by atoms with Gasteiger partial charge in [0.2, 0.25) is 0 Å². The highest BCUT2D eigenvalue weighted by atomic mass is 79.9. The van der Waals surface area contributed by atoms with E-state index in [-0.39, 0.29) is 5.25 Å². The summed E-state index contributed by atoms with van der Waals surface area (Å²) in [6.45, 7) is 2.04. The third-order valence-corrected chi connectivity index (χ3v) is 5.75. The zero-order chi connectivity index (χ0) is 16.6. The largest absolute Gasteiger partial charge is 0.384 e. The summed E-state index contributed by atoms with van der Waals surface area (Å²) < 4.78 is 0.958. The van der Waals surface area contributed by atoms with Crippen LogP contribution in [0, 0.1) is 0 Å². The summed E-state index contributed by atoms with van der Waals surface area (Å²) in [5.74, 6) is 0.467. The van der Waals surface area contributed by atoms with Gasteiger partial charge < -0.3 is 10.7 Å². The summed E-state index contributed by atoms with van der Waals surface area (Å²) in [4.78, 5) is 16.3. The van der Waals surface area contributed by atoms with Crippen LogP contribution in [0.3, 0.4) is 0 Å². The molecule has 3 aromatic rings. The van der Waals surface area contributed by atoms with E-state index in [1.807, 2.05) is 25.4 Å². The molecule has 1 unspecified atom stereocenters. The molecule has 120 valence electrons. The summed E-state index contributed by atoms with van der Waals surface area (Å²) in [5.41, 5.74) is 7.52. The number of fused-ring (bicyclic) bond motifs is 1. The van der Waals surface area contributed by atoms with Gasteiger partial charge in [-0.15, -0.1) is 11.8 Å². The Morgan fingerprint density at radius 3 is 2.83 bits per heavy atom. The molecule has 5 nitrogen and oxygen atoms in total. The first kappa shape index (κ1) is 16.9. The average Bonchev–Trinajstić information content (AvgIpc) is 2.88. The molecule has 23 heavy (non-hydrogen) atoms. The number of anilines is 1. The van der Waals surface area contributed by atoms with Crippen molar-refractivity contribution in [2.24, 2.45) is 0 Å². The number of aromatic amines is 1. The fraction of sp³-hybridized carbons (Fsp3) is 0.214. The van der Waals surface area contributed by atoms with Gasteiger partial charge in [0.25, 0.3) is 0 Å². The van der Waals surface area contributed by atoms with Crippen LogP contribution < -0.4 is 5.73 Å². The molecule has 0 spiro atoms. The van der Waals surface area contributed by atoms with E-state index < -0.39 is 0 Å². The maximum atomic E-state index is 6.27. The van der Waals surface area contributed by atoms with E-state index in [1.165, 1.54) is 23.5 Å². The minimum absolute atomic E-state index is 0.0372. The molecule has 0 saturated carbocycles. The SMILES string of the molecule is CSc1cc(N)nc(SC(C)c2cc3c(Br)c[nH]c3c(Cl)n2)n1. The van der Waals surface area contributed by atoms with E-state index in [4.69, 9.17) is 17.3 Å². The number of halogens is 2. The van der Waals surface area contributed by atoms with Crippen molar-refractivity contribution in [1.29, 1.82) is 0 Å². The highest BCUT2D eigenvalue weighted by Crippen LogP contribution is 2.36. The van der Waals surface area contributed by atoms with Crippen LogP contribution in [0.15, 0.2) is 33.0 Å². The number of nitrogens with one attached hydrogen (secondary N) is 1. The fourth-order valence-corrected chi connectivity index (χ4v) is 4.10. The van der Waals surface area contributed by atoms with Gasteiger partial charge in [-0.3, -0.25) is 0 Å². The average molecular weight is 431 g/mol. The third kappa shape index (κ3) is 3.60. The van der Waals surface area contributed by atoms with Gasteiger partial charge in [0.05, 0.1) is 16.5 Å². The number of hydrogen-bond donors (Lipinski definition) is 2. The van der Waals surface area contributed by atoms with Crippen LogP contribution in [-0.2, 0) is 0 Å². The smallest absolute Gasteiger partial charge is 0.191 e. The van der Waals surface area contributed by atoms with Crippen LogP contribution in [0.4, 0.5) is 5.82 Å². The van der Waals surface area contributed by atoms with Gasteiger partial charge in [-0.05, 0) is 35.2 Å². The summed E-state index contributed by atoms with van der Waals surface area (Å²) >= 11 is 12.8. The van der Waals surface area contributed by atoms with Crippen LogP contribution in [0.2, 0.25) is 5.15 Å². The molecular weight excluding hydrogens is 418 g/mol. The summed E-state index contributed by atoms with van der Waals surface area (Å²) in [7, 11) is 0.